The number of anilines is 1. The molecule has 0 aliphatic carbocycles. The van der Waals surface area contributed by atoms with Crippen LogP contribution in [0.4, 0.5) is 15.2 Å². The molecule has 39 heavy (non-hydrogen) atoms. The van der Waals surface area contributed by atoms with Gasteiger partial charge in [-0.05, 0) is 73.0 Å². The number of sulfonamides is 1. The van der Waals surface area contributed by atoms with Gasteiger partial charge in [-0.3, -0.25) is 14.9 Å². The van der Waals surface area contributed by atoms with Crippen molar-refractivity contribution < 1.29 is 22.5 Å². The van der Waals surface area contributed by atoms with Gasteiger partial charge in [-0.25, -0.2) is 17.8 Å². The summed E-state index contributed by atoms with van der Waals surface area (Å²) in [6.45, 7) is 0.929. The van der Waals surface area contributed by atoms with E-state index in [0.29, 0.717) is 28.9 Å². The minimum atomic E-state index is -3.67. The molecule has 2 heterocycles. The quantitative estimate of drug-likeness (QED) is 0.172. The van der Waals surface area contributed by atoms with Gasteiger partial charge < -0.3 is 0 Å². The van der Waals surface area contributed by atoms with Crippen molar-refractivity contribution in [3.63, 3.8) is 0 Å². The number of aromatic nitrogens is 1. The van der Waals surface area contributed by atoms with E-state index in [2.05, 4.69) is 10.1 Å². The van der Waals surface area contributed by atoms with E-state index in [1.54, 1.807) is 0 Å². The standard InChI is InChI=1S/C26H22FN5O5S2/c27-20-8-13-23-24(16-20)38-26(29-23)31(28-17-18-4-9-21(10-5-18)32(34)35)25(33)19-6-11-22(12-7-19)39(36,37)30-14-2-1-3-15-30/h4-13,16-17H,1-3,14-15H2/b28-17+. The van der Waals surface area contributed by atoms with Gasteiger partial charge in [-0.2, -0.15) is 14.4 Å². The van der Waals surface area contributed by atoms with Crippen LogP contribution >= 0.6 is 11.3 Å². The zero-order valence-electron chi connectivity index (χ0n) is 20.4. The molecule has 1 fully saturated rings. The Morgan fingerprint density at radius 1 is 1.05 bits per heavy atom. The summed E-state index contributed by atoms with van der Waals surface area (Å²) in [5, 5.41) is 16.4. The van der Waals surface area contributed by atoms with Crippen LogP contribution < -0.4 is 5.01 Å². The Balaban J connectivity index is 1.47. The van der Waals surface area contributed by atoms with Gasteiger partial charge in [-0.15, -0.1) is 0 Å². The molecule has 0 unspecified atom stereocenters. The average Bonchev–Trinajstić information content (AvgIpc) is 3.36. The van der Waals surface area contributed by atoms with Gasteiger partial charge in [0.25, 0.3) is 11.6 Å². The number of hydrogen-bond donors (Lipinski definition) is 0. The molecular formula is C26H22FN5O5S2. The zero-order valence-corrected chi connectivity index (χ0v) is 22.1. The lowest BCUT2D eigenvalue weighted by Crippen LogP contribution is -2.35. The van der Waals surface area contributed by atoms with Crippen LogP contribution in [0.25, 0.3) is 10.2 Å². The van der Waals surface area contributed by atoms with Gasteiger partial charge in [0.1, 0.15) is 5.82 Å². The molecule has 0 spiro atoms. The molecule has 200 valence electrons. The molecule has 3 aromatic carbocycles. The van der Waals surface area contributed by atoms with Gasteiger partial charge in [0.2, 0.25) is 15.2 Å². The first kappa shape index (κ1) is 26.5. The van der Waals surface area contributed by atoms with Gasteiger partial charge in [0.05, 0.1) is 26.3 Å². The van der Waals surface area contributed by atoms with E-state index in [4.69, 9.17) is 0 Å². The maximum Gasteiger partial charge on any atom is 0.280 e. The average molecular weight is 568 g/mol. The van der Waals surface area contributed by atoms with Crippen molar-refractivity contribution in [3.05, 3.63) is 93.8 Å². The third-order valence-corrected chi connectivity index (χ3v) is 9.10. The fraction of sp³-hybridized carbons (Fsp3) is 0.192. The monoisotopic (exact) mass is 567 g/mol. The highest BCUT2D eigenvalue weighted by Crippen LogP contribution is 2.31. The Morgan fingerprint density at radius 2 is 1.74 bits per heavy atom. The smallest absolute Gasteiger partial charge is 0.267 e. The molecule has 0 radical (unpaired) electrons. The second-order valence-corrected chi connectivity index (χ2v) is 11.8. The summed E-state index contributed by atoms with van der Waals surface area (Å²) >= 11 is 1.06. The highest BCUT2D eigenvalue weighted by atomic mass is 32.2. The lowest BCUT2D eigenvalue weighted by molar-refractivity contribution is -0.384. The number of fused-ring (bicyclic) bond motifs is 1. The number of benzene rings is 3. The number of nitrogens with zero attached hydrogens (tertiary/aromatic N) is 5. The molecule has 4 aromatic rings. The number of piperidine rings is 1. The van der Waals surface area contributed by atoms with Crippen molar-refractivity contribution >= 4 is 54.5 Å². The summed E-state index contributed by atoms with van der Waals surface area (Å²) in [6, 6.07) is 15.3. The Labute approximate surface area is 227 Å². The molecule has 1 aliphatic heterocycles. The number of carbonyl (C=O) groups is 1. The third-order valence-electron chi connectivity index (χ3n) is 6.19. The van der Waals surface area contributed by atoms with Crippen molar-refractivity contribution in [2.45, 2.75) is 24.2 Å². The summed E-state index contributed by atoms with van der Waals surface area (Å²) in [4.78, 5) is 28.5. The number of carbonyl (C=O) groups excluding carboxylic acids is 1. The number of nitro groups is 1. The number of hydrazone groups is 1. The zero-order chi connectivity index (χ0) is 27.6. The Bertz CT molecular complexity index is 1670. The number of rotatable bonds is 7. The molecule has 1 amide bonds. The largest absolute Gasteiger partial charge is 0.280 e. The highest BCUT2D eigenvalue weighted by Gasteiger charge is 2.27. The summed E-state index contributed by atoms with van der Waals surface area (Å²) < 4.78 is 41.7. The molecule has 1 saturated heterocycles. The first-order valence-corrected chi connectivity index (χ1v) is 14.3. The van der Waals surface area contributed by atoms with Crippen LogP contribution in [0, 0.1) is 15.9 Å². The van der Waals surface area contributed by atoms with Crippen molar-refractivity contribution in [1.29, 1.82) is 0 Å². The predicted octanol–water partition coefficient (Wildman–Crippen LogP) is 5.20. The van der Waals surface area contributed by atoms with Gasteiger partial charge in [0, 0.05) is 30.8 Å². The molecule has 0 saturated carbocycles. The molecule has 0 bridgehead atoms. The van der Waals surface area contributed by atoms with Crippen LogP contribution in [-0.2, 0) is 10.0 Å². The number of nitro benzene ring substituents is 1. The lowest BCUT2D eigenvalue weighted by atomic mass is 10.2. The van der Waals surface area contributed by atoms with Crippen LogP contribution in [0.1, 0.15) is 35.2 Å². The lowest BCUT2D eigenvalue weighted by Gasteiger charge is -2.25. The summed E-state index contributed by atoms with van der Waals surface area (Å²) in [5.74, 6) is -1.04. The van der Waals surface area contributed by atoms with E-state index in [1.165, 1.54) is 77.2 Å². The number of non-ortho nitro benzene ring substituents is 1. The van der Waals surface area contributed by atoms with E-state index < -0.39 is 26.7 Å². The minimum absolute atomic E-state index is 0.0899. The summed E-state index contributed by atoms with van der Waals surface area (Å²) in [5.41, 5.74) is 1.04. The van der Waals surface area contributed by atoms with Crippen LogP contribution in [0.2, 0.25) is 0 Å². The highest BCUT2D eigenvalue weighted by molar-refractivity contribution is 7.89. The van der Waals surface area contributed by atoms with Crippen LogP contribution in [-0.4, -0.2) is 47.8 Å². The van der Waals surface area contributed by atoms with E-state index >= 15 is 0 Å². The Morgan fingerprint density at radius 3 is 2.41 bits per heavy atom. The van der Waals surface area contributed by atoms with Gasteiger partial charge >= 0.3 is 0 Å². The normalized spacial score (nSPS) is 14.6. The molecule has 1 aliphatic rings. The third kappa shape index (κ3) is 5.70. The summed E-state index contributed by atoms with van der Waals surface area (Å²) in [7, 11) is -3.67. The SMILES string of the molecule is O=C(c1ccc(S(=O)(=O)N2CCCCC2)cc1)N(/N=C/c1ccc([N+](=O)[O-])cc1)c1nc2ccc(F)cc2s1. The number of thiazole rings is 1. The fourth-order valence-corrected chi connectivity index (χ4v) is 6.58. The number of hydrogen-bond acceptors (Lipinski definition) is 8. The van der Waals surface area contributed by atoms with Crippen molar-refractivity contribution in [2.24, 2.45) is 5.10 Å². The van der Waals surface area contributed by atoms with Crippen LogP contribution in [0.3, 0.4) is 0 Å². The molecular weight excluding hydrogens is 545 g/mol. The maximum absolute atomic E-state index is 13.8. The van der Waals surface area contributed by atoms with Crippen molar-refractivity contribution in [3.8, 4) is 0 Å². The number of amides is 1. The first-order chi connectivity index (χ1) is 18.7. The second-order valence-electron chi connectivity index (χ2n) is 8.81. The van der Waals surface area contributed by atoms with E-state index in [9.17, 15) is 27.7 Å². The van der Waals surface area contributed by atoms with E-state index in [-0.39, 0.29) is 21.3 Å². The Hall–Kier alpha value is -4.07. The molecule has 1 aromatic heterocycles. The van der Waals surface area contributed by atoms with E-state index in [1.807, 2.05) is 0 Å². The molecule has 0 atom stereocenters. The molecule has 0 N–H and O–H groups in total. The summed E-state index contributed by atoms with van der Waals surface area (Å²) in [6.07, 6.45) is 3.96. The van der Waals surface area contributed by atoms with Gasteiger partial charge in [-0.1, -0.05) is 17.8 Å². The topological polar surface area (TPSA) is 126 Å². The van der Waals surface area contributed by atoms with Gasteiger partial charge in [0.15, 0.2) is 0 Å². The predicted molar refractivity (Wildman–Crippen MR) is 146 cm³/mol. The van der Waals surface area contributed by atoms with Crippen molar-refractivity contribution in [1.82, 2.24) is 9.29 Å². The second kappa shape index (κ2) is 11.0. The maximum atomic E-state index is 13.8. The molecule has 10 nitrogen and oxygen atoms in total. The van der Waals surface area contributed by atoms with Crippen LogP contribution in [0.15, 0.2) is 76.7 Å². The Kier molecular flexibility index (Phi) is 7.46. The minimum Gasteiger partial charge on any atom is -0.267 e. The molecule has 5 rings (SSSR count). The number of halogens is 1. The fourth-order valence-electron chi connectivity index (χ4n) is 4.12. The first-order valence-electron chi connectivity index (χ1n) is 12.0. The van der Waals surface area contributed by atoms with Crippen molar-refractivity contribution in [2.75, 3.05) is 18.1 Å². The van der Waals surface area contributed by atoms with E-state index in [0.717, 1.165) is 35.6 Å². The van der Waals surface area contributed by atoms with Crippen LogP contribution in [0.5, 0.6) is 0 Å². The molecule has 13 heteroatoms.